The lowest BCUT2D eigenvalue weighted by Gasteiger charge is -2.23. The number of hydrogen-bond acceptors (Lipinski definition) is 3. The van der Waals surface area contributed by atoms with E-state index in [4.69, 9.17) is 10.5 Å². The van der Waals surface area contributed by atoms with Crippen LogP contribution in [-0.2, 0) is 4.79 Å². The largest absolute Gasteiger partial charge is 0.484 e. The Morgan fingerprint density at radius 3 is 2.43 bits per heavy atom. The fourth-order valence-corrected chi connectivity index (χ4v) is 2.08. The van der Waals surface area contributed by atoms with E-state index in [9.17, 15) is 4.79 Å². The fourth-order valence-electron chi connectivity index (χ4n) is 2.08. The molecule has 0 aliphatic carbocycles. The molecule has 0 fully saturated rings. The Kier molecular flexibility index (Phi) is 5.21. The Hall–Kier alpha value is -2.49. The van der Waals surface area contributed by atoms with Crippen LogP contribution in [0.15, 0.2) is 54.6 Å². The number of rotatable bonds is 6. The lowest BCUT2D eigenvalue weighted by Crippen LogP contribution is -2.36. The third-order valence-electron chi connectivity index (χ3n) is 3.08. The first kappa shape index (κ1) is 14.9. The van der Waals surface area contributed by atoms with Crippen molar-refractivity contribution in [3.8, 4) is 5.75 Å². The molecule has 21 heavy (non-hydrogen) atoms. The summed E-state index contributed by atoms with van der Waals surface area (Å²) in [4.78, 5) is 14.1. The highest BCUT2D eigenvalue weighted by Gasteiger charge is 2.17. The van der Waals surface area contributed by atoms with Gasteiger partial charge in [0, 0.05) is 6.54 Å². The zero-order chi connectivity index (χ0) is 15.1. The minimum Gasteiger partial charge on any atom is -0.484 e. The van der Waals surface area contributed by atoms with E-state index in [1.165, 1.54) is 0 Å². The third kappa shape index (κ3) is 3.99. The number of para-hydroxylation sites is 3. The Bertz CT molecular complexity index is 584. The van der Waals surface area contributed by atoms with Crippen molar-refractivity contribution in [1.82, 2.24) is 0 Å². The van der Waals surface area contributed by atoms with Crippen LogP contribution in [0.2, 0.25) is 0 Å². The van der Waals surface area contributed by atoms with Crippen LogP contribution in [0.5, 0.6) is 5.75 Å². The summed E-state index contributed by atoms with van der Waals surface area (Å²) in [7, 11) is 0. The van der Waals surface area contributed by atoms with Crippen LogP contribution in [0.25, 0.3) is 0 Å². The molecule has 2 N–H and O–H groups in total. The molecule has 0 aromatic heterocycles. The van der Waals surface area contributed by atoms with E-state index < -0.39 is 0 Å². The predicted octanol–water partition coefficient (Wildman–Crippen LogP) is 3.09. The smallest absolute Gasteiger partial charge is 0.264 e. The Balaban J connectivity index is 2.08. The van der Waals surface area contributed by atoms with Gasteiger partial charge in [-0.1, -0.05) is 37.3 Å². The molecule has 4 heteroatoms. The SMILES string of the molecule is CCCN(C(=O)COc1ccccc1)c1ccccc1N. The summed E-state index contributed by atoms with van der Waals surface area (Å²) in [5.41, 5.74) is 7.30. The molecule has 2 aromatic carbocycles. The van der Waals surface area contributed by atoms with Gasteiger partial charge in [-0.2, -0.15) is 0 Å². The van der Waals surface area contributed by atoms with E-state index in [1.54, 1.807) is 11.0 Å². The number of benzene rings is 2. The molecule has 0 saturated carbocycles. The Labute approximate surface area is 125 Å². The van der Waals surface area contributed by atoms with Crippen LogP contribution in [-0.4, -0.2) is 19.1 Å². The van der Waals surface area contributed by atoms with Gasteiger partial charge in [-0.05, 0) is 30.7 Å². The number of nitrogen functional groups attached to an aromatic ring is 1. The molecule has 110 valence electrons. The zero-order valence-electron chi connectivity index (χ0n) is 12.2. The van der Waals surface area contributed by atoms with Gasteiger partial charge in [0.25, 0.3) is 5.91 Å². The molecule has 0 atom stereocenters. The standard InChI is InChI=1S/C17H20N2O2/c1-2-12-19(16-11-7-6-10-15(16)18)17(20)13-21-14-8-4-3-5-9-14/h3-11H,2,12-13,18H2,1H3. The highest BCUT2D eigenvalue weighted by molar-refractivity contribution is 5.97. The number of nitrogens with zero attached hydrogens (tertiary/aromatic N) is 1. The average molecular weight is 284 g/mol. The van der Waals surface area contributed by atoms with E-state index >= 15 is 0 Å². The maximum atomic E-state index is 12.4. The normalized spacial score (nSPS) is 10.1. The average Bonchev–Trinajstić information content (AvgIpc) is 2.52. The van der Waals surface area contributed by atoms with Crippen LogP contribution in [0.1, 0.15) is 13.3 Å². The van der Waals surface area contributed by atoms with Gasteiger partial charge in [-0.3, -0.25) is 4.79 Å². The summed E-state index contributed by atoms with van der Waals surface area (Å²) < 4.78 is 5.52. The first-order valence-electron chi connectivity index (χ1n) is 7.05. The predicted molar refractivity (Wildman–Crippen MR) is 85.4 cm³/mol. The monoisotopic (exact) mass is 284 g/mol. The second-order valence-corrected chi connectivity index (χ2v) is 4.71. The molecule has 0 bridgehead atoms. The number of hydrogen-bond donors (Lipinski definition) is 1. The van der Waals surface area contributed by atoms with Crippen molar-refractivity contribution in [2.75, 3.05) is 23.8 Å². The van der Waals surface area contributed by atoms with Crippen LogP contribution in [0.4, 0.5) is 11.4 Å². The van der Waals surface area contributed by atoms with Gasteiger partial charge in [0.15, 0.2) is 6.61 Å². The first-order valence-corrected chi connectivity index (χ1v) is 7.05. The minimum absolute atomic E-state index is 0.00164. The zero-order valence-corrected chi connectivity index (χ0v) is 12.2. The lowest BCUT2D eigenvalue weighted by molar-refractivity contribution is -0.120. The molecule has 0 spiro atoms. The van der Waals surface area contributed by atoms with Crippen LogP contribution in [0, 0.1) is 0 Å². The molecular weight excluding hydrogens is 264 g/mol. The Morgan fingerprint density at radius 1 is 1.10 bits per heavy atom. The summed E-state index contributed by atoms with van der Waals surface area (Å²) in [5, 5.41) is 0. The Morgan fingerprint density at radius 2 is 1.76 bits per heavy atom. The van der Waals surface area contributed by atoms with E-state index in [0.717, 1.165) is 12.1 Å². The van der Waals surface area contributed by atoms with Crippen molar-refractivity contribution in [2.45, 2.75) is 13.3 Å². The van der Waals surface area contributed by atoms with E-state index in [1.807, 2.05) is 55.5 Å². The minimum atomic E-state index is -0.0985. The van der Waals surface area contributed by atoms with Crippen LogP contribution >= 0.6 is 0 Å². The van der Waals surface area contributed by atoms with Crippen molar-refractivity contribution in [2.24, 2.45) is 0 Å². The van der Waals surface area contributed by atoms with E-state index in [2.05, 4.69) is 0 Å². The molecule has 0 saturated heterocycles. The van der Waals surface area contributed by atoms with Gasteiger partial charge in [-0.15, -0.1) is 0 Å². The molecular formula is C17H20N2O2. The van der Waals surface area contributed by atoms with Crippen LogP contribution < -0.4 is 15.4 Å². The third-order valence-corrected chi connectivity index (χ3v) is 3.08. The molecule has 1 amide bonds. The molecule has 0 aliphatic rings. The number of anilines is 2. The first-order chi connectivity index (χ1) is 10.2. The van der Waals surface area contributed by atoms with Crippen molar-refractivity contribution in [3.63, 3.8) is 0 Å². The molecule has 0 aliphatic heterocycles. The van der Waals surface area contributed by atoms with Crippen LogP contribution in [0.3, 0.4) is 0 Å². The van der Waals surface area contributed by atoms with Gasteiger partial charge in [0.2, 0.25) is 0 Å². The van der Waals surface area contributed by atoms with Gasteiger partial charge < -0.3 is 15.4 Å². The van der Waals surface area contributed by atoms with Crippen molar-refractivity contribution in [1.29, 1.82) is 0 Å². The maximum Gasteiger partial charge on any atom is 0.264 e. The fraction of sp³-hybridized carbons (Fsp3) is 0.235. The van der Waals surface area contributed by atoms with Gasteiger partial charge >= 0.3 is 0 Å². The molecule has 4 nitrogen and oxygen atoms in total. The summed E-state index contributed by atoms with van der Waals surface area (Å²) in [6.45, 7) is 2.64. The van der Waals surface area contributed by atoms with E-state index in [0.29, 0.717) is 18.0 Å². The highest BCUT2D eigenvalue weighted by atomic mass is 16.5. The number of nitrogens with two attached hydrogens (primary N) is 1. The molecule has 0 unspecified atom stereocenters. The quantitative estimate of drug-likeness (QED) is 0.829. The summed E-state index contributed by atoms with van der Waals surface area (Å²) >= 11 is 0. The topological polar surface area (TPSA) is 55.6 Å². The highest BCUT2D eigenvalue weighted by Crippen LogP contribution is 2.23. The van der Waals surface area contributed by atoms with Crippen molar-refractivity contribution < 1.29 is 9.53 Å². The molecule has 0 radical (unpaired) electrons. The maximum absolute atomic E-state index is 12.4. The van der Waals surface area contributed by atoms with Gasteiger partial charge in [0.05, 0.1) is 11.4 Å². The van der Waals surface area contributed by atoms with Gasteiger partial charge in [0.1, 0.15) is 5.75 Å². The number of carbonyl (C=O) groups is 1. The lowest BCUT2D eigenvalue weighted by atomic mass is 10.2. The van der Waals surface area contributed by atoms with Crippen molar-refractivity contribution in [3.05, 3.63) is 54.6 Å². The second-order valence-electron chi connectivity index (χ2n) is 4.71. The van der Waals surface area contributed by atoms with E-state index in [-0.39, 0.29) is 12.5 Å². The number of carbonyl (C=O) groups excluding carboxylic acids is 1. The summed E-state index contributed by atoms with van der Waals surface area (Å²) in [6, 6.07) is 16.7. The number of ether oxygens (including phenoxy) is 1. The molecule has 0 heterocycles. The molecule has 2 rings (SSSR count). The number of amides is 1. The second kappa shape index (κ2) is 7.33. The molecule has 2 aromatic rings. The summed E-state index contributed by atoms with van der Waals surface area (Å²) in [6.07, 6.45) is 0.853. The van der Waals surface area contributed by atoms with Gasteiger partial charge in [-0.25, -0.2) is 0 Å². The van der Waals surface area contributed by atoms with Crippen molar-refractivity contribution >= 4 is 17.3 Å². The summed E-state index contributed by atoms with van der Waals surface area (Å²) in [5.74, 6) is 0.585.